The van der Waals surface area contributed by atoms with E-state index in [1.165, 1.54) is 10.8 Å². The van der Waals surface area contributed by atoms with Crippen LogP contribution < -0.4 is 5.32 Å². The molecule has 0 aromatic rings. The first-order valence-electron chi connectivity index (χ1n) is 5.98. The predicted molar refractivity (Wildman–Crippen MR) is 81.8 cm³/mol. The Morgan fingerprint density at radius 1 is 1.06 bits per heavy atom. The zero-order valence-corrected chi connectivity index (χ0v) is 12.7. The van der Waals surface area contributed by atoms with Gasteiger partial charge >= 0.3 is 0 Å². The second-order valence-electron chi connectivity index (χ2n) is 4.02. The summed E-state index contributed by atoms with van der Waals surface area (Å²) in [4.78, 5) is 21.2. The lowest BCUT2D eigenvalue weighted by Gasteiger charge is -2.22. The van der Waals surface area contributed by atoms with Gasteiger partial charge in [0.2, 0.25) is 0 Å². The van der Waals surface area contributed by atoms with Gasteiger partial charge in [0.25, 0.3) is 0 Å². The fourth-order valence-corrected chi connectivity index (χ4v) is 3.32. The summed E-state index contributed by atoms with van der Waals surface area (Å²) in [6, 6.07) is 0. The Hall–Kier alpha value is 0.0500. The van der Waals surface area contributed by atoms with E-state index < -0.39 is 0 Å². The van der Waals surface area contributed by atoms with Crippen LogP contribution in [0.3, 0.4) is 0 Å². The molecule has 0 aliphatic carbocycles. The second kappa shape index (κ2) is 9.91. The summed E-state index contributed by atoms with van der Waals surface area (Å²) in [7, 11) is 3.17. The largest absolute Gasteiger partial charge is 0.316 e. The smallest absolute Gasteiger partial charge is 0.135 e. The molecular weight excluding hydrogens is 288 g/mol. The number of carbonyl (C=O) groups excluding carboxylic acids is 2. The monoisotopic (exact) mass is 306 g/mol. The first-order chi connectivity index (χ1) is 8.72. The van der Waals surface area contributed by atoms with E-state index in [4.69, 9.17) is 0 Å². The third-order valence-electron chi connectivity index (χ3n) is 2.63. The summed E-state index contributed by atoms with van der Waals surface area (Å²) in [5.41, 5.74) is 0. The fourth-order valence-electron chi connectivity index (χ4n) is 1.59. The van der Waals surface area contributed by atoms with E-state index in [1.807, 2.05) is 0 Å². The molecule has 0 aromatic heterocycles. The molecule has 0 unspecified atom stereocenters. The molecule has 4 nitrogen and oxygen atoms in total. The Labute approximate surface area is 121 Å². The van der Waals surface area contributed by atoms with Crippen molar-refractivity contribution in [2.24, 2.45) is 0 Å². The summed E-state index contributed by atoms with van der Waals surface area (Å²) in [6.45, 7) is 3.52. The van der Waals surface area contributed by atoms with E-state index in [0.29, 0.717) is 24.4 Å². The van der Waals surface area contributed by atoms with E-state index in [9.17, 15) is 9.59 Å². The molecule has 2 saturated heterocycles. The van der Waals surface area contributed by atoms with Gasteiger partial charge in [0.15, 0.2) is 0 Å². The summed E-state index contributed by atoms with van der Waals surface area (Å²) < 4.78 is 3.82. The van der Waals surface area contributed by atoms with Gasteiger partial charge in [-0.2, -0.15) is 0 Å². The number of hydrogen-bond donors (Lipinski definition) is 1. The van der Waals surface area contributed by atoms with Crippen LogP contribution in [0.5, 0.6) is 0 Å². The zero-order valence-electron chi connectivity index (χ0n) is 10.2. The molecule has 0 aromatic carbocycles. The van der Waals surface area contributed by atoms with E-state index in [0.717, 1.165) is 39.0 Å². The predicted octanol–water partition coefficient (Wildman–Crippen LogP) is 1.84. The summed E-state index contributed by atoms with van der Waals surface area (Å²) in [5, 5.41) is 3.09. The van der Waals surface area contributed by atoms with Gasteiger partial charge in [-0.25, -0.2) is 4.31 Å². The van der Waals surface area contributed by atoms with Crippen LogP contribution in [0.25, 0.3) is 0 Å². The Bertz CT molecular complexity index is 279. The molecule has 0 spiro atoms. The number of thiocarbonyl (C=S) groups is 1. The van der Waals surface area contributed by atoms with Gasteiger partial charge in [-0.15, -0.1) is 0 Å². The van der Waals surface area contributed by atoms with Crippen molar-refractivity contribution < 1.29 is 9.59 Å². The van der Waals surface area contributed by atoms with Crippen molar-refractivity contribution in [1.82, 2.24) is 9.62 Å². The van der Waals surface area contributed by atoms with E-state index in [-0.39, 0.29) is 0 Å². The van der Waals surface area contributed by atoms with Crippen molar-refractivity contribution in [2.75, 3.05) is 26.2 Å². The van der Waals surface area contributed by atoms with Crippen LogP contribution in [-0.2, 0) is 9.59 Å². The molecule has 0 atom stereocenters. The quantitative estimate of drug-likeness (QED) is 0.485. The highest BCUT2D eigenvalue weighted by molar-refractivity contribution is 8.82. The Morgan fingerprint density at radius 3 is 2.06 bits per heavy atom. The zero-order chi connectivity index (χ0) is 13.2. The number of piperidine rings is 2. The lowest BCUT2D eigenvalue weighted by molar-refractivity contribution is -0.121. The second-order valence-corrected chi connectivity index (χ2v) is 6.68. The van der Waals surface area contributed by atoms with Gasteiger partial charge in [-0.05, 0) is 21.8 Å². The Morgan fingerprint density at radius 2 is 1.61 bits per heavy atom. The molecule has 18 heavy (non-hydrogen) atoms. The molecule has 2 heterocycles. The topological polar surface area (TPSA) is 49.4 Å². The minimum atomic E-state index is 0.384. The number of hydrogen-bond acceptors (Lipinski definition) is 7. The van der Waals surface area contributed by atoms with Gasteiger partial charge in [0.1, 0.15) is 11.6 Å². The van der Waals surface area contributed by atoms with Gasteiger partial charge in [0.05, 0.1) is 0 Å². The highest BCUT2D eigenvalue weighted by Gasteiger charge is 2.15. The first-order valence-corrected chi connectivity index (χ1v) is 8.62. The normalized spacial score (nSPS) is 21.1. The molecule has 7 heteroatoms. The number of ketones is 2. The third-order valence-corrected chi connectivity index (χ3v) is 5.20. The molecule has 2 fully saturated rings. The van der Waals surface area contributed by atoms with Crippen LogP contribution in [0.15, 0.2) is 0 Å². The first kappa shape index (κ1) is 16.1. The van der Waals surface area contributed by atoms with Gasteiger partial charge in [-0.3, -0.25) is 9.59 Å². The minimum Gasteiger partial charge on any atom is -0.316 e. The average molecular weight is 306 g/mol. The highest BCUT2D eigenvalue weighted by Crippen LogP contribution is 2.26. The van der Waals surface area contributed by atoms with Crippen molar-refractivity contribution in [2.45, 2.75) is 25.7 Å². The maximum Gasteiger partial charge on any atom is 0.135 e. The van der Waals surface area contributed by atoms with Crippen LogP contribution in [0.4, 0.5) is 0 Å². The Balaban J connectivity index is 0.000000199. The van der Waals surface area contributed by atoms with E-state index in [1.54, 1.807) is 15.7 Å². The maximum atomic E-state index is 10.8. The molecule has 0 radical (unpaired) electrons. The number of carbonyl (C=O) groups is 2. The lowest BCUT2D eigenvalue weighted by Crippen LogP contribution is -2.27. The molecule has 0 bridgehead atoms. The van der Waals surface area contributed by atoms with Crippen molar-refractivity contribution in [3.8, 4) is 0 Å². The van der Waals surface area contributed by atoms with Crippen LogP contribution in [-0.4, -0.2) is 46.8 Å². The fraction of sp³-hybridized carbons (Fsp3) is 0.727. The number of rotatable bonds is 3. The van der Waals surface area contributed by atoms with Crippen LogP contribution in [0, 0.1) is 0 Å². The summed E-state index contributed by atoms with van der Waals surface area (Å²) in [5.74, 6) is 0.785. The lowest BCUT2D eigenvalue weighted by atomic mass is 10.1. The van der Waals surface area contributed by atoms with Crippen molar-refractivity contribution in [3.05, 3.63) is 0 Å². The highest BCUT2D eigenvalue weighted by atomic mass is 33.1. The standard InChI is InChI=1S/C6H9NOS3.C5H9NO/c8-6-1-3-7(4-2-6)11-10-5-9;7-5-1-3-6-4-2-5/h5H,1-4H2;6H,1-4H2. The maximum absolute atomic E-state index is 10.8. The van der Waals surface area contributed by atoms with Crippen LogP contribution in [0.2, 0.25) is 0 Å². The van der Waals surface area contributed by atoms with Crippen molar-refractivity contribution >= 4 is 50.3 Å². The van der Waals surface area contributed by atoms with Gasteiger partial charge in [0, 0.05) is 56.6 Å². The Kier molecular flexibility index (Phi) is 8.87. The molecule has 2 rings (SSSR count). The minimum absolute atomic E-state index is 0.384. The van der Waals surface area contributed by atoms with Crippen molar-refractivity contribution in [3.63, 3.8) is 0 Å². The van der Waals surface area contributed by atoms with Gasteiger partial charge < -0.3 is 5.32 Å². The molecule has 1 N–H and O–H groups in total. The van der Waals surface area contributed by atoms with Crippen LogP contribution in [0.1, 0.15) is 25.7 Å². The molecule has 102 valence electrons. The molecule has 2 aliphatic rings. The third kappa shape index (κ3) is 7.48. The SMILES string of the molecule is O=C1CCN(SSC=S)CC1.O=C1CCNCC1. The number of Topliss-reactive ketones (excluding diaryl/α,β-unsaturated/α-hetero) is 2. The van der Waals surface area contributed by atoms with E-state index >= 15 is 0 Å². The summed E-state index contributed by atoms with van der Waals surface area (Å²) in [6.07, 6.45) is 2.87. The number of nitrogens with zero attached hydrogens (tertiary/aromatic N) is 1. The van der Waals surface area contributed by atoms with Crippen LogP contribution >= 0.6 is 34.0 Å². The number of nitrogens with one attached hydrogen (secondary N) is 1. The average Bonchev–Trinajstić information content (AvgIpc) is 2.40. The summed E-state index contributed by atoms with van der Waals surface area (Å²) >= 11 is 4.67. The van der Waals surface area contributed by atoms with Gasteiger partial charge in [-0.1, -0.05) is 12.2 Å². The molecule has 2 aliphatic heterocycles. The van der Waals surface area contributed by atoms with Crippen molar-refractivity contribution in [1.29, 1.82) is 0 Å². The molecule has 0 saturated carbocycles. The molecular formula is C11H18N2O2S3. The molecule has 0 amide bonds. The van der Waals surface area contributed by atoms with E-state index in [2.05, 4.69) is 21.8 Å².